The smallest absolute Gasteiger partial charge is 0.142 e. The summed E-state index contributed by atoms with van der Waals surface area (Å²) in [6.45, 7) is 6.47. The minimum absolute atomic E-state index is 0.230. The van der Waals surface area contributed by atoms with Crippen LogP contribution in [-0.2, 0) is 6.54 Å². The molecule has 0 spiro atoms. The van der Waals surface area contributed by atoms with E-state index in [0.717, 1.165) is 57.3 Å². The second-order valence-electron chi connectivity index (χ2n) is 7.51. The molecule has 0 aromatic heterocycles. The number of ether oxygens (including phenoxy) is 1. The Labute approximate surface area is 161 Å². The van der Waals surface area contributed by atoms with Crippen LogP contribution in [0.5, 0.6) is 5.75 Å². The Bertz CT molecular complexity index is 731. The number of nitrogens with zero attached hydrogens (tertiary/aromatic N) is 3. The number of hydrogen-bond donors (Lipinski definition) is 1. The lowest BCUT2D eigenvalue weighted by Crippen LogP contribution is -2.53. The topological polar surface area (TPSA) is 39.2 Å². The van der Waals surface area contributed by atoms with Crippen molar-refractivity contribution in [3.8, 4) is 5.75 Å². The fourth-order valence-corrected chi connectivity index (χ4v) is 4.36. The fraction of sp³-hybridized carbons (Fsp3) is 0.455. The molecule has 2 aromatic carbocycles. The summed E-state index contributed by atoms with van der Waals surface area (Å²) in [6.07, 6.45) is -0.272. The van der Waals surface area contributed by atoms with Gasteiger partial charge in [0.25, 0.3) is 0 Å². The number of methoxy groups -OCH3 is 1. The molecule has 2 fully saturated rings. The molecule has 0 unspecified atom stereocenters. The number of β-amino-alcohol motifs (C(OH)–C–C–N with tert-alkyl or cyclic N) is 1. The first-order valence-electron chi connectivity index (χ1n) is 9.81. The van der Waals surface area contributed by atoms with Gasteiger partial charge in [-0.05, 0) is 17.7 Å². The molecule has 4 rings (SSSR count). The molecule has 0 bridgehead atoms. The summed E-state index contributed by atoms with van der Waals surface area (Å²) in [6, 6.07) is 19.0. The minimum Gasteiger partial charge on any atom is -0.495 e. The maximum Gasteiger partial charge on any atom is 0.142 e. The fourth-order valence-electron chi connectivity index (χ4n) is 4.36. The van der Waals surface area contributed by atoms with Gasteiger partial charge in [0.15, 0.2) is 0 Å². The van der Waals surface area contributed by atoms with Gasteiger partial charge in [-0.3, -0.25) is 9.80 Å². The van der Waals surface area contributed by atoms with Crippen LogP contribution in [0.3, 0.4) is 0 Å². The van der Waals surface area contributed by atoms with E-state index < -0.39 is 0 Å². The highest BCUT2D eigenvalue weighted by molar-refractivity contribution is 5.58. The summed E-state index contributed by atoms with van der Waals surface area (Å²) in [4.78, 5) is 7.22. The van der Waals surface area contributed by atoms with E-state index in [1.165, 1.54) is 5.56 Å². The van der Waals surface area contributed by atoms with Crippen LogP contribution in [0.4, 0.5) is 5.69 Å². The molecule has 1 N–H and O–H groups in total. The molecular formula is C22H29N3O2. The van der Waals surface area contributed by atoms with Crippen LogP contribution in [0.1, 0.15) is 5.56 Å². The molecule has 2 aromatic rings. The summed E-state index contributed by atoms with van der Waals surface area (Å²) in [5.41, 5.74) is 2.48. The number of piperazine rings is 1. The summed E-state index contributed by atoms with van der Waals surface area (Å²) < 4.78 is 5.51. The molecule has 5 nitrogen and oxygen atoms in total. The lowest BCUT2D eigenvalue weighted by molar-refractivity contribution is 0.0790. The van der Waals surface area contributed by atoms with Crippen LogP contribution in [-0.4, -0.2) is 73.4 Å². The van der Waals surface area contributed by atoms with Crippen molar-refractivity contribution in [3.63, 3.8) is 0 Å². The van der Waals surface area contributed by atoms with Gasteiger partial charge in [0.05, 0.1) is 18.9 Å². The van der Waals surface area contributed by atoms with Crippen LogP contribution in [0.15, 0.2) is 54.6 Å². The Morgan fingerprint density at radius 1 is 0.926 bits per heavy atom. The van der Waals surface area contributed by atoms with Gasteiger partial charge in [0.1, 0.15) is 5.75 Å². The van der Waals surface area contributed by atoms with Crippen LogP contribution in [0.25, 0.3) is 0 Å². The summed E-state index contributed by atoms with van der Waals surface area (Å²) in [5.74, 6) is 0.931. The van der Waals surface area contributed by atoms with Crippen LogP contribution < -0.4 is 9.64 Å². The van der Waals surface area contributed by atoms with E-state index >= 15 is 0 Å². The molecule has 0 radical (unpaired) electrons. The second-order valence-corrected chi connectivity index (χ2v) is 7.51. The molecule has 2 heterocycles. The first-order valence-corrected chi connectivity index (χ1v) is 9.81. The number of aliphatic hydroxyl groups excluding tert-OH is 1. The van der Waals surface area contributed by atoms with Gasteiger partial charge in [0.2, 0.25) is 0 Å². The molecule has 0 amide bonds. The molecule has 2 saturated heterocycles. The monoisotopic (exact) mass is 367 g/mol. The van der Waals surface area contributed by atoms with Crippen molar-refractivity contribution in [2.75, 3.05) is 51.3 Å². The van der Waals surface area contributed by atoms with Gasteiger partial charge < -0.3 is 14.7 Å². The van der Waals surface area contributed by atoms with E-state index in [-0.39, 0.29) is 12.1 Å². The molecule has 5 heteroatoms. The van der Waals surface area contributed by atoms with E-state index in [4.69, 9.17) is 4.74 Å². The third-order valence-corrected chi connectivity index (χ3v) is 5.79. The van der Waals surface area contributed by atoms with E-state index in [2.05, 4.69) is 51.1 Å². The molecular weight excluding hydrogens is 338 g/mol. The Hall–Kier alpha value is -2.08. The number of anilines is 1. The van der Waals surface area contributed by atoms with Gasteiger partial charge in [-0.25, -0.2) is 0 Å². The number of likely N-dealkylation sites (tertiary alicyclic amines) is 1. The predicted molar refractivity (Wildman–Crippen MR) is 108 cm³/mol. The SMILES string of the molecule is COc1ccccc1N1CCN([C@@H]2CN(Cc3ccccc3)C[C@H]2O)CC1. The lowest BCUT2D eigenvalue weighted by atomic mass is 10.1. The Morgan fingerprint density at radius 2 is 1.63 bits per heavy atom. The third-order valence-electron chi connectivity index (χ3n) is 5.79. The standard InChI is InChI=1S/C22H29N3O2/c1-27-22-10-6-5-9-19(22)24-11-13-25(14-12-24)20-16-23(17-21(20)26)15-18-7-3-2-4-8-18/h2-10,20-21,26H,11-17H2,1H3/t20-,21-/m1/s1. The van der Waals surface area contributed by atoms with Crippen molar-refractivity contribution in [2.24, 2.45) is 0 Å². The van der Waals surface area contributed by atoms with E-state index in [1.54, 1.807) is 7.11 Å². The predicted octanol–water partition coefficient (Wildman–Crippen LogP) is 2.06. The Morgan fingerprint density at radius 3 is 2.37 bits per heavy atom. The molecule has 144 valence electrons. The van der Waals surface area contributed by atoms with Gasteiger partial charge >= 0.3 is 0 Å². The molecule has 2 atom stereocenters. The van der Waals surface area contributed by atoms with Crippen LogP contribution in [0, 0.1) is 0 Å². The number of benzene rings is 2. The van der Waals surface area contributed by atoms with Crippen LogP contribution in [0.2, 0.25) is 0 Å². The highest BCUT2D eigenvalue weighted by atomic mass is 16.5. The van der Waals surface area contributed by atoms with Crippen molar-refractivity contribution >= 4 is 5.69 Å². The Kier molecular flexibility index (Phi) is 5.62. The average Bonchev–Trinajstić information content (AvgIpc) is 3.09. The zero-order chi connectivity index (χ0) is 18.6. The molecule has 2 aliphatic heterocycles. The van der Waals surface area contributed by atoms with Gasteiger partial charge in [-0.1, -0.05) is 42.5 Å². The molecule has 0 aliphatic carbocycles. The number of hydrogen-bond acceptors (Lipinski definition) is 5. The first-order chi connectivity index (χ1) is 13.2. The second kappa shape index (κ2) is 8.30. The van der Waals surface area contributed by atoms with Gasteiger partial charge in [-0.15, -0.1) is 0 Å². The maximum absolute atomic E-state index is 10.6. The van der Waals surface area contributed by atoms with Crippen molar-refractivity contribution in [2.45, 2.75) is 18.7 Å². The maximum atomic E-state index is 10.6. The summed E-state index contributed by atoms with van der Waals surface area (Å²) in [5, 5.41) is 10.6. The van der Waals surface area contributed by atoms with E-state index in [1.807, 2.05) is 18.2 Å². The number of aliphatic hydroxyl groups is 1. The summed E-state index contributed by atoms with van der Waals surface area (Å²) in [7, 11) is 1.73. The molecule has 2 aliphatic rings. The summed E-state index contributed by atoms with van der Waals surface area (Å²) >= 11 is 0. The third kappa shape index (κ3) is 4.10. The normalized spacial score (nSPS) is 24.3. The highest BCUT2D eigenvalue weighted by Gasteiger charge is 2.36. The molecule has 0 saturated carbocycles. The van der Waals surface area contributed by atoms with Gasteiger partial charge in [-0.2, -0.15) is 0 Å². The first kappa shape index (κ1) is 18.3. The quantitative estimate of drug-likeness (QED) is 0.876. The van der Waals surface area contributed by atoms with E-state index in [0.29, 0.717) is 0 Å². The number of rotatable bonds is 5. The number of para-hydroxylation sites is 2. The lowest BCUT2D eigenvalue weighted by Gasteiger charge is -2.40. The zero-order valence-electron chi connectivity index (χ0n) is 16.0. The highest BCUT2D eigenvalue weighted by Crippen LogP contribution is 2.29. The van der Waals surface area contributed by atoms with Crippen molar-refractivity contribution < 1.29 is 9.84 Å². The Balaban J connectivity index is 1.34. The average molecular weight is 367 g/mol. The van der Waals surface area contributed by atoms with Crippen LogP contribution >= 0.6 is 0 Å². The largest absolute Gasteiger partial charge is 0.495 e. The van der Waals surface area contributed by atoms with Gasteiger partial charge in [0, 0.05) is 51.9 Å². The van der Waals surface area contributed by atoms with Crippen molar-refractivity contribution in [1.82, 2.24) is 9.80 Å². The molecule has 27 heavy (non-hydrogen) atoms. The zero-order valence-corrected chi connectivity index (χ0v) is 16.0. The van der Waals surface area contributed by atoms with Crippen molar-refractivity contribution in [1.29, 1.82) is 0 Å². The minimum atomic E-state index is -0.272. The van der Waals surface area contributed by atoms with Crippen molar-refractivity contribution in [3.05, 3.63) is 60.2 Å². The van der Waals surface area contributed by atoms with E-state index in [9.17, 15) is 5.11 Å².